The Morgan fingerprint density at radius 3 is 1.90 bits per heavy atom. The fourth-order valence-electron chi connectivity index (χ4n) is 4.06. The van der Waals surface area contributed by atoms with Crippen LogP contribution in [0.2, 0.25) is 0 Å². The maximum absolute atomic E-state index is 9.59. The van der Waals surface area contributed by atoms with E-state index in [1.165, 1.54) is 63.4 Å². The number of benzene rings is 1. The van der Waals surface area contributed by atoms with E-state index in [0.29, 0.717) is 24.2 Å². The molecule has 0 radical (unpaired) electrons. The fraction of sp³-hybridized carbons (Fsp3) is 0.704. The summed E-state index contributed by atoms with van der Waals surface area (Å²) in [5, 5.41) is 19.2. The Balaban J connectivity index is 2.21. The van der Waals surface area contributed by atoms with Gasteiger partial charge in [-0.05, 0) is 18.1 Å². The van der Waals surface area contributed by atoms with Gasteiger partial charge in [0, 0.05) is 6.61 Å². The highest BCUT2D eigenvalue weighted by Crippen LogP contribution is 2.11. The summed E-state index contributed by atoms with van der Waals surface area (Å²) in [6, 6.07) is 10.2. The van der Waals surface area contributed by atoms with E-state index in [2.05, 4.69) is 31.2 Å². The van der Waals surface area contributed by atoms with Crippen molar-refractivity contribution in [2.45, 2.75) is 71.1 Å². The minimum absolute atomic E-state index is 0.123. The van der Waals surface area contributed by atoms with Crippen molar-refractivity contribution in [3.63, 3.8) is 0 Å². The molecule has 1 rings (SSSR count). The Labute approximate surface area is 191 Å². The summed E-state index contributed by atoms with van der Waals surface area (Å²) < 4.78 is 6.58. The first-order chi connectivity index (χ1) is 15.3. The lowest BCUT2D eigenvalue weighted by molar-refractivity contribution is -0.923. The van der Waals surface area contributed by atoms with Crippen LogP contribution < -0.4 is 0 Å². The molecule has 178 valence electrons. The predicted octanol–water partition coefficient (Wildman–Crippen LogP) is 5.44. The highest BCUT2D eigenvalue weighted by atomic mass is 16.5. The van der Waals surface area contributed by atoms with Crippen LogP contribution >= 0.6 is 0 Å². The Morgan fingerprint density at radius 1 is 0.742 bits per heavy atom. The van der Waals surface area contributed by atoms with Gasteiger partial charge in [0.05, 0.1) is 26.4 Å². The maximum atomic E-state index is 9.59. The van der Waals surface area contributed by atoms with Gasteiger partial charge in [0.1, 0.15) is 19.6 Å². The summed E-state index contributed by atoms with van der Waals surface area (Å²) >= 11 is 0. The zero-order valence-electron chi connectivity index (χ0n) is 20.0. The summed E-state index contributed by atoms with van der Waals surface area (Å²) in [5.74, 6) is 0. The number of unbranched alkanes of at least 4 members (excludes halogenated alkanes) is 9. The Morgan fingerprint density at radius 2 is 1.32 bits per heavy atom. The van der Waals surface area contributed by atoms with Gasteiger partial charge in [-0.15, -0.1) is 0 Å². The van der Waals surface area contributed by atoms with Gasteiger partial charge >= 0.3 is 0 Å². The Bertz CT molecular complexity index is 527. The van der Waals surface area contributed by atoms with Crippen molar-refractivity contribution in [3.05, 3.63) is 42.0 Å². The van der Waals surface area contributed by atoms with E-state index < -0.39 is 0 Å². The fourth-order valence-corrected chi connectivity index (χ4v) is 4.06. The smallest absolute Gasteiger partial charge is 0.103 e. The molecule has 0 aliphatic carbocycles. The van der Waals surface area contributed by atoms with Gasteiger partial charge in [-0.3, -0.25) is 0 Å². The third kappa shape index (κ3) is 14.5. The van der Waals surface area contributed by atoms with E-state index in [1.54, 1.807) is 0 Å². The molecule has 0 saturated carbocycles. The molecule has 31 heavy (non-hydrogen) atoms. The predicted molar refractivity (Wildman–Crippen MR) is 132 cm³/mol. The number of hydrogen-bond donors (Lipinski definition) is 2. The summed E-state index contributed by atoms with van der Waals surface area (Å²) in [6.45, 7) is 6.89. The van der Waals surface area contributed by atoms with Gasteiger partial charge in [-0.1, -0.05) is 101 Å². The van der Waals surface area contributed by atoms with Gasteiger partial charge in [-0.2, -0.15) is 0 Å². The third-order valence-electron chi connectivity index (χ3n) is 6.10. The Kier molecular flexibility index (Phi) is 17.5. The van der Waals surface area contributed by atoms with Crippen LogP contribution in [0.1, 0.15) is 76.7 Å². The number of hydrogen-bond acceptors (Lipinski definition) is 3. The zero-order valence-corrected chi connectivity index (χ0v) is 20.0. The molecule has 2 N–H and O–H groups in total. The molecule has 0 fully saturated rings. The lowest BCUT2D eigenvalue weighted by Gasteiger charge is -2.37. The first-order valence-corrected chi connectivity index (χ1v) is 12.6. The van der Waals surface area contributed by atoms with E-state index in [9.17, 15) is 10.2 Å². The summed E-state index contributed by atoms with van der Waals surface area (Å²) in [7, 11) is 0. The van der Waals surface area contributed by atoms with Gasteiger partial charge in [-0.25, -0.2) is 0 Å². The van der Waals surface area contributed by atoms with E-state index >= 15 is 0 Å². The molecule has 0 aromatic heterocycles. The molecular formula is C27H48NO3+. The van der Waals surface area contributed by atoms with Gasteiger partial charge in [0.25, 0.3) is 0 Å². The SMILES string of the molecule is CCCCCCCCCCCCOCC[N+](C/C=C/c1ccccc1)(CCO)CCO. The zero-order chi connectivity index (χ0) is 22.5. The highest BCUT2D eigenvalue weighted by molar-refractivity contribution is 5.48. The average molecular weight is 435 g/mol. The van der Waals surface area contributed by atoms with Crippen LogP contribution in [0.25, 0.3) is 6.08 Å². The van der Waals surface area contributed by atoms with Crippen LogP contribution in [0.15, 0.2) is 36.4 Å². The first kappa shape index (κ1) is 27.8. The van der Waals surface area contributed by atoms with Crippen molar-refractivity contribution in [2.75, 3.05) is 52.6 Å². The summed E-state index contributed by atoms with van der Waals surface area (Å²) in [6.07, 6.45) is 17.6. The second-order valence-electron chi connectivity index (χ2n) is 8.75. The molecule has 0 bridgehead atoms. The van der Waals surface area contributed by atoms with Crippen molar-refractivity contribution in [3.8, 4) is 0 Å². The topological polar surface area (TPSA) is 49.7 Å². The van der Waals surface area contributed by atoms with Crippen LogP contribution in [0.3, 0.4) is 0 Å². The van der Waals surface area contributed by atoms with Crippen molar-refractivity contribution < 1.29 is 19.4 Å². The summed E-state index contributed by atoms with van der Waals surface area (Å²) in [4.78, 5) is 0. The second kappa shape index (κ2) is 19.5. The molecule has 0 heterocycles. The number of quaternary nitrogens is 1. The van der Waals surface area contributed by atoms with Gasteiger partial charge in [0.15, 0.2) is 0 Å². The van der Waals surface area contributed by atoms with Gasteiger partial charge in [0.2, 0.25) is 0 Å². The first-order valence-electron chi connectivity index (χ1n) is 12.6. The molecule has 0 unspecified atom stereocenters. The van der Waals surface area contributed by atoms with E-state index in [0.717, 1.165) is 26.1 Å². The molecule has 0 aliphatic heterocycles. The van der Waals surface area contributed by atoms with Crippen LogP contribution in [0, 0.1) is 0 Å². The number of nitrogens with zero attached hydrogens (tertiary/aromatic N) is 1. The molecule has 4 nitrogen and oxygen atoms in total. The van der Waals surface area contributed by atoms with Crippen LogP contribution in [0.4, 0.5) is 0 Å². The molecular weight excluding hydrogens is 386 g/mol. The normalized spacial score (nSPS) is 12.1. The summed E-state index contributed by atoms with van der Waals surface area (Å²) in [5.41, 5.74) is 1.17. The lowest BCUT2D eigenvalue weighted by Crippen LogP contribution is -2.53. The molecule has 0 atom stereocenters. The largest absolute Gasteiger partial charge is 0.391 e. The molecule has 0 spiro atoms. The standard InChI is InChI=1S/C27H48NO3/c1-2-3-4-5-6-7-8-9-10-14-25-31-26-22-28(20-23-29,21-24-30)19-15-18-27-16-12-11-13-17-27/h11-13,15-18,29-30H,2-10,14,19-26H2,1H3/q+1/b18-15+. The lowest BCUT2D eigenvalue weighted by atomic mass is 10.1. The minimum Gasteiger partial charge on any atom is -0.391 e. The average Bonchev–Trinajstić information content (AvgIpc) is 2.78. The minimum atomic E-state index is 0.123. The van der Waals surface area contributed by atoms with Crippen LogP contribution in [-0.4, -0.2) is 67.3 Å². The molecule has 1 aromatic rings. The van der Waals surface area contributed by atoms with Crippen molar-refractivity contribution in [1.82, 2.24) is 0 Å². The molecule has 4 heteroatoms. The van der Waals surface area contributed by atoms with Crippen LogP contribution in [-0.2, 0) is 4.74 Å². The van der Waals surface area contributed by atoms with Crippen LogP contribution in [0.5, 0.6) is 0 Å². The van der Waals surface area contributed by atoms with E-state index in [4.69, 9.17) is 4.74 Å². The monoisotopic (exact) mass is 434 g/mol. The van der Waals surface area contributed by atoms with Gasteiger partial charge < -0.3 is 19.4 Å². The maximum Gasteiger partial charge on any atom is 0.103 e. The Hall–Kier alpha value is -1.20. The van der Waals surface area contributed by atoms with Crippen molar-refractivity contribution in [1.29, 1.82) is 0 Å². The van der Waals surface area contributed by atoms with Crippen molar-refractivity contribution in [2.24, 2.45) is 0 Å². The number of ether oxygens (including phenoxy) is 1. The number of rotatable bonds is 21. The second-order valence-corrected chi connectivity index (χ2v) is 8.75. The molecule has 0 saturated heterocycles. The number of aliphatic hydroxyl groups excluding tert-OH is 2. The highest BCUT2D eigenvalue weighted by Gasteiger charge is 2.24. The van der Waals surface area contributed by atoms with E-state index in [-0.39, 0.29) is 13.2 Å². The molecule has 0 aliphatic rings. The van der Waals surface area contributed by atoms with E-state index in [1.807, 2.05) is 18.2 Å². The van der Waals surface area contributed by atoms with Crippen molar-refractivity contribution >= 4 is 6.08 Å². The number of aliphatic hydroxyl groups is 2. The quantitative estimate of drug-likeness (QED) is 0.200. The molecule has 0 amide bonds. The molecule has 1 aromatic carbocycles. The third-order valence-corrected chi connectivity index (χ3v) is 6.10.